The van der Waals surface area contributed by atoms with Crippen LogP contribution in [0.5, 0.6) is 0 Å². The molecule has 2 aromatic carbocycles. The molecule has 4 rings (SSSR count). The van der Waals surface area contributed by atoms with Gasteiger partial charge in [0.15, 0.2) is 5.69 Å². The lowest BCUT2D eigenvalue weighted by molar-refractivity contribution is -0.477. The van der Waals surface area contributed by atoms with E-state index < -0.39 is 29.6 Å². The average Bonchev–Trinajstić information content (AvgIpc) is 3.21. The molecular weight excluding hydrogens is 427 g/mol. The zero-order chi connectivity index (χ0) is 22.9. The van der Waals surface area contributed by atoms with Gasteiger partial charge in [0, 0.05) is 30.7 Å². The third-order valence-corrected chi connectivity index (χ3v) is 4.75. The Kier molecular flexibility index (Phi) is 5.41. The topological polar surface area (TPSA) is 109 Å². The van der Waals surface area contributed by atoms with Crippen molar-refractivity contribution >= 4 is 34.9 Å². The molecule has 1 aliphatic rings. The number of hydrogen-bond acceptors (Lipinski definition) is 3. The molecule has 0 aliphatic carbocycles. The number of carbonyl (C=O) groups excluding carboxylic acids is 3. The van der Waals surface area contributed by atoms with E-state index in [-0.39, 0.29) is 23.6 Å². The Morgan fingerprint density at radius 2 is 1.84 bits per heavy atom. The molecule has 32 heavy (non-hydrogen) atoms. The van der Waals surface area contributed by atoms with Crippen LogP contribution < -0.4 is 21.3 Å². The standard InChI is InChI=1S/C21H16F3N5O3/c22-21(23,24)14-8-15-16(28-19(31)18(30)27-15)9-17(14)29-7-6-12(11-29)10-25-20(32)26-13-4-2-1-3-5-13/h1-9,11H,10H2,(H,27,30)(H,28,31)(H2,25,26,32)/p+1. The number of halogens is 3. The van der Waals surface area contributed by atoms with Crippen molar-refractivity contribution in [2.24, 2.45) is 0 Å². The second kappa shape index (κ2) is 8.19. The lowest BCUT2D eigenvalue weighted by Gasteiger charge is -2.19. The van der Waals surface area contributed by atoms with Crippen LogP contribution in [0.1, 0.15) is 11.1 Å². The van der Waals surface area contributed by atoms with Crippen LogP contribution >= 0.6 is 0 Å². The van der Waals surface area contributed by atoms with E-state index in [1.54, 1.807) is 30.3 Å². The zero-order valence-corrected chi connectivity index (χ0v) is 16.4. The van der Waals surface area contributed by atoms with Crippen LogP contribution in [-0.2, 0) is 22.3 Å². The number of para-hydroxylation sites is 1. The predicted molar refractivity (Wildman–Crippen MR) is 108 cm³/mol. The number of carbonyl (C=O) groups is 3. The van der Waals surface area contributed by atoms with Gasteiger partial charge in [0.2, 0.25) is 0 Å². The molecule has 11 heteroatoms. The van der Waals surface area contributed by atoms with Gasteiger partial charge in [0.25, 0.3) is 0 Å². The maximum atomic E-state index is 13.7. The fraction of sp³-hybridized carbons (Fsp3) is 0.0952. The van der Waals surface area contributed by atoms with Gasteiger partial charge in [-0.3, -0.25) is 4.79 Å². The van der Waals surface area contributed by atoms with Crippen LogP contribution in [0.3, 0.4) is 0 Å². The van der Waals surface area contributed by atoms with E-state index in [0.29, 0.717) is 11.3 Å². The maximum absolute atomic E-state index is 13.7. The van der Waals surface area contributed by atoms with E-state index in [2.05, 4.69) is 16.0 Å². The number of nitrogens with two attached hydrogens (primary N) is 1. The molecule has 0 radical (unpaired) electrons. The number of anilines is 2. The van der Waals surface area contributed by atoms with E-state index in [1.807, 2.05) is 6.07 Å². The van der Waals surface area contributed by atoms with Crippen LogP contribution in [-0.4, -0.2) is 22.4 Å². The first-order valence-electron chi connectivity index (χ1n) is 9.43. The van der Waals surface area contributed by atoms with Gasteiger partial charge >= 0.3 is 24.0 Å². The lowest BCUT2D eigenvalue weighted by Crippen LogP contribution is -2.86. The smallest absolute Gasteiger partial charge is 0.334 e. The Bertz CT molecular complexity index is 1210. The molecule has 4 amide bonds. The van der Waals surface area contributed by atoms with Crippen LogP contribution in [0.25, 0.3) is 5.69 Å². The summed E-state index contributed by atoms with van der Waals surface area (Å²) in [5.74, 6) is -1.83. The number of rotatable bonds is 4. The van der Waals surface area contributed by atoms with Crippen LogP contribution in [0.15, 0.2) is 60.9 Å². The number of nitrogens with zero attached hydrogens (tertiary/aromatic N) is 1. The molecule has 0 saturated heterocycles. The van der Waals surface area contributed by atoms with Crippen molar-refractivity contribution in [2.45, 2.75) is 12.7 Å². The normalized spacial score (nSPS) is 13.3. The average molecular weight is 444 g/mol. The number of primary amides is 1. The van der Waals surface area contributed by atoms with Crippen molar-refractivity contribution in [3.63, 3.8) is 0 Å². The number of hydrogen-bond donors (Lipinski definition) is 4. The Balaban J connectivity index is 1.55. The summed E-state index contributed by atoms with van der Waals surface area (Å²) in [4.78, 5) is 35.1. The zero-order valence-electron chi connectivity index (χ0n) is 16.4. The molecule has 5 N–H and O–H groups in total. The monoisotopic (exact) mass is 444 g/mol. The molecular formula is C21H17F3N5O3+. The lowest BCUT2D eigenvalue weighted by atomic mass is 10.1. The fourth-order valence-corrected chi connectivity index (χ4v) is 3.24. The summed E-state index contributed by atoms with van der Waals surface area (Å²) in [7, 11) is 0. The number of benzene rings is 2. The van der Waals surface area contributed by atoms with Gasteiger partial charge in [0.1, 0.15) is 5.69 Å². The molecule has 0 unspecified atom stereocenters. The molecule has 1 aliphatic heterocycles. The first-order valence-corrected chi connectivity index (χ1v) is 9.43. The summed E-state index contributed by atoms with van der Waals surface area (Å²) < 4.78 is 42.3. The van der Waals surface area contributed by atoms with Gasteiger partial charge in [-0.25, -0.2) is 14.9 Å². The van der Waals surface area contributed by atoms with Gasteiger partial charge in [-0.15, -0.1) is 0 Å². The number of aromatic nitrogens is 1. The van der Waals surface area contributed by atoms with E-state index >= 15 is 0 Å². The van der Waals surface area contributed by atoms with Crippen molar-refractivity contribution in [1.82, 2.24) is 9.88 Å². The van der Waals surface area contributed by atoms with Gasteiger partial charge in [-0.05, 0) is 29.8 Å². The van der Waals surface area contributed by atoms with Gasteiger partial charge in [0.05, 0.1) is 11.3 Å². The molecule has 0 atom stereocenters. The molecule has 0 saturated carbocycles. The largest absolute Gasteiger partial charge is 0.418 e. The van der Waals surface area contributed by atoms with Crippen molar-refractivity contribution in [1.29, 1.82) is 0 Å². The van der Waals surface area contributed by atoms with E-state index in [0.717, 1.165) is 11.4 Å². The second-order valence-corrected chi connectivity index (χ2v) is 7.02. The minimum atomic E-state index is -4.70. The molecule has 0 bridgehead atoms. The highest BCUT2D eigenvalue weighted by Gasteiger charge is 2.38. The Hall–Kier alpha value is -4.12. The number of quaternary nitrogens is 1. The van der Waals surface area contributed by atoms with Crippen molar-refractivity contribution in [3.8, 4) is 5.69 Å². The third kappa shape index (κ3) is 4.47. The number of alkyl halides is 3. The fourth-order valence-electron chi connectivity index (χ4n) is 3.24. The Morgan fingerprint density at radius 1 is 1.09 bits per heavy atom. The van der Waals surface area contributed by atoms with Gasteiger partial charge in [-0.2, -0.15) is 13.2 Å². The summed E-state index contributed by atoms with van der Waals surface area (Å²) in [5, 5.41) is 8.45. The number of nitrogens with one attached hydrogen (secondary N) is 3. The van der Waals surface area contributed by atoms with Crippen molar-refractivity contribution in [2.75, 3.05) is 10.6 Å². The van der Waals surface area contributed by atoms with Gasteiger partial charge < -0.3 is 20.5 Å². The minimum absolute atomic E-state index is 0.0820. The number of fused-ring (bicyclic) bond motifs is 1. The van der Waals surface area contributed by atoms with Gasteiger partial charge in [-0.1, -0.05) is 18.2 Å². The third-order valence-electron chi connectivity index (χ3n) is 4.75. The number of urea groups is 1. The first-order chi connectivity index (χ1) is 15.2. The Labute approximate surface area is 179 Å². The summed E-state index contributed by atoms with van der Waals surface area (Å²) in [6.07, 6.45) is -1.83. The Morgan fingerprint density at radius 3 is 2.56 bits per heavy atom. The van der Waals surface area contributed by atoms with Crippen LogP contribution in [0, 0.1) is 0 Å². The van der Waals surface area contributed by atoms with E-state index in [1.165, 1.54) is 23.0 Å². The summed E-state index contributed by atoms with van der Waals surface area (Å²) in [6.45, 7) is 0.0820. The van der Waals surface area contributed by atoms with Crippen molar-refractivity contribution in [3.05, 3.63) is 72.1 Å². The predicted octanol–water partition coefficient (Wildman–Crippen LogP) is 2.49. The summed E-state index contributed by atoms with van der Waals surface area (Å²) >= 11 is 0. The molecule has 2 heterocycles. The summed E-state index contributed by atoms with van der Waals surface area (Å²) in [5.41, 5.74) is 0.0648. The highest BCUT2D eigenvalue weighted by atomic mass is 19.4. The van der Waals surface area contributed by atoms with E-state index in [9.17, 15) is 27.6 Å². The van der Waals surface area contributed by atoms with Crippen LogP contribution in [0.4, 0.5) is 35.0 Å². The first kappa shape index (κ1) is 21.1. The molecule has 0 spiro atoms. The minimum Gasteiger partial charge on any atom is -0.334 e. The quantitative estimate of drug-likeness (QED) is 0.367. The number of amides is 4. The maximum Gasteiger partial charge on any atom is 0.418 e. The molecule has 1 aromatic heterocycles. The molecule has 8 nitrogen and oxygen atoms in total. The highest BCUT2D eigenvalue weighted by Crippen LogP contribution is 2.38. The van der Waals surface area contributed by atoms with E-state index in [4.69, 9.17) is 0 Å². The molecule has 3 aromatic rings. The molecule has 164 valence electrons. The van der Waals surface area contributed by atoms with Crippen LogP contribution in [0.2, 0.25) is 0 Å². The summed E-state index contributed by atoms with van der Waals surface area (Å²) in [6, 6.07) is 11.9. The highest BCUT2D eigenvalue weighted by molar-refractivity contribution is 6.37. The second-order valence-electron chi connectivity index (χ2n) is 7.02. The molecule has 0 fully saturated rings. The van der Waals surface area contributed by atoms with Crippen molar-refractivity contribution < 1.29 is 32.9 Å². The SMILES string of the molecule is O=C(NCc1ccn(-c2cc3c(cc2C(F)(F)F)NC(=O)C(=O)[NH2+]3)c1)Nc1ccccc1.